The summed E-state index contributed by atoms with van der Waals surface area (Å²) in [6.45, 7) is 0. The molecule has 0 saturated heterocycles. The molecule has 2 heteroatoms. The first-order valence-corrected chi connectivity index (χ1v) is 2.38. The molecule has 9 heavy (non-hydrogen) atoms. The monoisotopic (exact) mass is 122 g/mol. The molecule has 0 radical (unpaired) electrons. The highest BCUT2D eigenvalue weighted by atomic mass is 19.0. The Morgan fingerprint density at radius 1 is 1.33 bits per heavy atom. The molecule has 0 aliphatic heterocycles. The van der Waals surface area contributed by atoms with E-state index in [2.05, 4.69) is 0 Å². The molecule has 0 unspecified atom stereocenters. The molecule has 0 aromatic heterocycles. The fraction of sp³-hybridized carbons (Fsp3) is 0. The van der Waals surface area contributed by atoms with Gasteiger partial charge in [-0.25, -0.2) is 0 Å². The SMILES string of the molecule is N#CC=C1C=CC=C1.[F-]. The van der Waals surface area contributed by atoms with Crippen LogP contribution in [0.2, 0.25) is 0 Å². The van der Waals surface area contributed by atoms with E-state index in [0.717, 1.165) is 5.57 Å². The van der Waals surface area contributed by atoms with Crippen molar-refractivity contribution in [3.05, 3.63) is 36.0 Å². The van der Waals surface area contributed by atoms with Crippen molar-refractivity contribution < 1.29 is 4.70 Å². The van der Waals surface area contributed by atoms with Crippen LogP contribution in [0.1, 0.15) is 0 Å². The van der Waals surface area contributed by atoms with E-state index in [9.17, 15) is 0 Å². The first-order chi connectivity index (χ1) is 3.93. The van der Waals surface area contributed by atoms with Crippen LogP contribution in [0.3, 0.4) is 0 Å². The third-order valence-corrected chi connectivity index (χ3v) is 0.920. The van der Waals surface area contributed by atoms with E-state index in [-0.39, 0.29) is 4.70 Å². The summed E-state index contributed by atoms with van der Waals surface area (Å²) in [5, 5.41) is 8.13. The summed E-state index contributed by atoms with van der Waals surface area (Å²) in [4.78, 5) is 0. The van der Waals surface area contributed by atoms with Gasteiger partial charge in [-0.3, -0.25) is 0 Å². The molecule has 46 valence electrons. The van der Waals surface area contributed by atoms with Crippen LogP contribution in [0.15, 0.2) is 36.0 Å². The van der Waals surface area contributed by atoms with Gasteiger partial charge in [0.15, 0.2) is 0 Å². The highest BCUT2D eigenvalue weighted by molar-refractivity contribution is 5.42. The normalized spacial score (nSPS) is 12.6. The quantitative estimate of drug-likeness (QED) is 0.361. The lowest BCUT2D eigenvalue weighted by Gasteiger charge is -1.76. The minimum absolute atomic E-state index is 0. The van der Waals surface area contributed by atoms with Crippen LogP contribution < -0.4 is 4.70 Å². The van der Waals surface area contributed by atoms with Gasteiger partial charge in [0.05, 0.1) is 6.07 Å². The second-order valence-electron chi connectivity index (χ2n) is 1.49. The number of rotatable bonds is 0. The van der Waals surface area contributed by atoms with Gasteiger partial charge in [0.2, 0.25) is 0 Å². The molecule has 0 saturated carbocycles. The predicted octanol–water partition coefficient (Wildman–Crippen LogP) is -1.43. The molecule has 1 aliphatic carbocycles. The smallest absolute Gasteiger partial charge is 0.0918 e. The molecule has 1 aliphatic rings. The molecule has 0 heterocycles. The minimum atomic E-state index is 0. The predicted molar refractivity (Wildman–Crippen MR) is 32.0 cm³/mol. The van der Waals surface area contributed by atoms with Crippen LogP contribution >= 0.6 is 0 Å². The van der Waals surface area contributed by atoms with Gasteiger partial charge in [0.25, 0.3) is 0 Å². The molecule has 0 amide bonds. The van der Waals surface area contributed by atoms with Gasteiger partial charge < -0.3 is 4.70 Å². The van der Waals surface area contributed by atoms with Gasteiger partial charge in [-0.05, 0) is 5.57 Å². The van der Waals surface area contributed by atoms with Crippen LogP contribution in [0, 0.1) is 11.3 Å². The summed E-state index contributed by atoms with van der Waals surface area (Å²) in [5.41, 5.74) is 0.979. The second kappa shape index (κ2) is 3.62. The molecular weight excluding hydrogens is 117 g/mol. The summed E-state index contributed by atoms with van der Waals surface area (Å²) in [7, 11) is 0. The van der Waals surface area contributed by atoms with E-state index in [1.807, 2.05) is 30.4 Å². The lowest BCUT2D eigenvalue weighted by atomic mass is 10.3. The van der Waals surface area contributed by atoms with Gasteiger partial charge in [-0.2, -0.15) is 5.26 Å². The third-order valence-electron chi connectivity index (χ3n) is 0.920. The Morgan fingerprint density at radius 3 is 2.33 bits per heavy atom. The minimum Gasteiger partial charge on any atom is -1.00 e. The summed E-state index contributed by atoms with van der Waals surface area (Å²) in [6.07, 6.45) is 9.11. The standard InChI is InChI=1S/C7H5N.FH/c8-6-5-7-3-1-2-4-7;/h1-5H;1H/p-1. The Kier molecular flexibility index (Phi) is 3.07. The largest absolute Gasteiger partial charge is 1.00 e. The van der Waals surface area contributed by atoms with E-state index in [1.165, 1.54) is 6.08 Å². The molecule has 0 aromatic rings. The number of allylic oxidation sites excluding steroid dienone is 6. The van der Waals surface area contributed by atoms with Gasteiger partial charge >= 0.3 is 0 Å². The molecule has 0 aromatic carbocycles. The van der Waals surface area contributed by atoms with E-state index in [4.69, 9.17) is 5.26 Å². The van der Waals surface area contributed by atoms with Crippen LogP contribution in [-0.4, -0.2) is 0 Å². The Hall–Kier alpha value is -1.36. The van der Waals surface area contributed by atoms with E-state index >= 15 is 0 Å². The molecule has 0 N–H and O–H groups in total. The maximum Gasteiger partial charge on any atom is 0.0918 e. The van der Waals surface area contributed by atoms with Crippen molar-refractivity contribution in [1.82, 2.24) is 0 Å². The van der Waals surface area contributed by atoms with E-state index in [0.29, 0.717) is 0 Å². The Labute approximate surface area is 53.0 Å². The van der Waals surface area contributed by atoms with Gasteiger partial charge in [-0.15, -0.1) is 0 Å². The maximum atomic E-state index is 8.13. The van der Waals surface area contributed by atoms with Crippen LogP contribution in [0.5, 0.6) is 0 Å². The lowest BCUT2D eigenvalue weighted by Crippen LogP contribution is -3.00. The van der Waals surface area contributed by atoms with Crippen molar-refractivity contribution in [2.75, 3.05) is 0 Å². The summed E-state index contributed by atoms with van der Waals surface area (Å²) < 4.78 is 0. The van der Waals surface area contributed by atoms with Crippen molar-refractivity contribution in [1.29, 1.82) is 5.26 Å². The molecule has 1 nitrogen and oxygen atoms in total. The molecule has 0 spiro atoms. The Morgan fingerprint density at radius 2 is 1.89 bits per heavy atom. The Bertz CT molecular complexity index is 191. The van der Waals surface area contributed by atoms with Crippen LogP contribution in [0.4, 0.5) is 0 Å². The summed E-state index contributed by atoms with van der Waals surface area (Å²) in [6, 6.07) is 1.95. The van der Waals surface area contributed by atoms with Gasteiger partial charge in [0.1, 0.15) is 0 Å². The number of nitrogens with zero attached hydrogens (tertiary/aromatic N) is 1. The highest BCUT2D eigenvalue weighted by Gasteiger charge is 1.86. The van der Waals surface area contributed by atoms with Crippen molar-refractivity contribution in [2.45, 2.75) is 0 Å². The third kappa shape index (κ3) is 1.92. The van der Waals surface area contributed by atoms with Gasteiger partial charge in [-0.1, -0.05) is 24.3 Å². The zero-order chi connectivity index (χ0) is 5.82. The van der Waals surface area contributed by atoms with Crippen molar-refractivity contribution in [3.63, 3.8) is 0 Å². The number of hydrogen-bond acceptors (Lipinski definition) is 1. The number of halogens is 1. The average molecular weight is 122 g/mol. The maximum absolute atomic E-state index is 8.13. The van der Waals surface area contributed by atoms with Crippen molar-refractivity contribution in [3.8, 4) is 6.07 Å². The first kappa shape index (κ1) is 7.64. The summed E-state index contributed by atoms with van der Waals surface area (Å²) in [5.74, 6) is 0. The molecule has 0 fully saturated rings. The molecular formula is C7H5FN-. The van der Waals surface area contributed by atoms with E-state index in [1.54, 1.807) is 0 Å². The summed E-state index contributed by atoms with van der Waals surface area (Å²) >= 11 is 0. The van der Waals surface area contributed by atoms with Crippen LogP contribution in [0.25, 0.3) is 0 Å². The topological polar surface area (TPSA) is 23.8 Å². The number of hydrogen-bond donors (Lipinski definition) is 0. The molecule has 1 rings (SSSR count). The molecule has 0 bridgehead atoms. The highest BCUT2D eigenvalue weighted by Crippen LogP contribution is 2.04. The fourth-order valence-corrected chi connectivity index (χ4v) is 0.560. The number of nitriles is 1. The van der Waals surface area contributed by atoms with Crippen molar-refractivity contribution in [2.24, 2.45) is 0 Å². The molecule has 0 atom stereocenters. The zero-order valence-electron chi connectivity index (χ0n) is 4.71. The van der Waals surface area contributed by atoms with Gasteiger partial charge in [0, 0.05) is 6.08 Å². The first-order valence-electron chi connectivity index (χ1n) is 2.38. The van der Waals surface area contributed by atoms with Crippen LogP contribution in [-0.2, 0) is 0 Å². The second-order valence-corrected chi connectivity index (χ2v) is 1.49. The lowest BCUT2D eigenvalue weighted by molar-refractivity contribution is -0.00000180. The average Bonchev–Trinajstić information content (AvgIpc) is 2.19. The fourth-order valence-electron chi connectivity index (χ4n) is 0.560. The Balaban J connectivity index is 0.000000640. The van der Waals surface area contributed by atoms with E-state index < -0.39 is 0 Å². The van der Waals surface area contributed by atoms with Crippen molar-refractivity contribution >= 4 is 0 Å². The zero-order valence-corrected chi connectivity index (χ0v) is 4.71.